The first-order chi connectivity index (χ1) is 14.2. The van der Waals surface area contributed by atoms with Crippen LogP contribution in [0.4, 0.5) is 0 Å². The van der Waals surface area contributed by atoms with Gasteiger partial charge in [-0.3, -0.25) is 0 Å². The largest absolute Gasteiger partial charge is 0.324 e. The first kappa shape index (κ1) is 21.6. The highest BCUT2D eigenvalue weighted by atomic mass is 15.1. The summed E-state index contributed by atoms with van der Waals surface area (Å²) in [6, 6.07) is 15.3. The minimum Gasteiger partial charge on any atom is -0.324 e. The summed E-state index contributed by atoms with van der Waals surface area (Å²) in [6.07, 6.45) is 13.7. The van der Waals surface area contributed by atoms with Crippen LogP contribution in [0.25, 0.3) is 22.4 Å². The van der Waals surface area contributed by atoms with Gasteiger partial charge in [0.2, 0.25) is 0 Å². The van der Waals surface area contributed by atoms with Crippen LogP contribution in [0.3, 0.4) is 0 Å². The van der Waals surface area contributed by atoms with Gasteiger partial charge >= 0.3 is 0 Å². The van der Waals surface area contributed by atoms with Gasteiger partial charge in [0, 0.05) is 12.1 Å². The van der Waals surface area contributed by atoms with E-state index in [2.05, 4.69) is 67.8 Å². The topological polar surface area (TPSA) is 17.8 Å². The maximum absolute atomic E-state index is 5.00. The number of benzene rings is 2. The summed E-state index contributed by atoms with van der Waals surface area (Å²) in [5.41, 5.74) is 6.25. The van der Waals surface area contributed by atoms with Crippen LogP contribution in [0.5, 0.6) is 0 Å². The Morgan fingerprint density at radius 1 is 0.759 bits per heavy atom. The van der Waals surface area contributed by atoms with Gasteiger partial charge in [0.25, 0.3) is 0 Å². The molecule has 0 amide bonds. The molecule has 0 aliphatic carbocycles. The van der Waals surface area contributed by atoms with Crippen molar-refractivity contribution in [2.75, 3.05) is 0 Å². The summed E-state index contributed by atoms with van der Waals surface area (Å²) in [4.78, 5) is 5.00. The lowest BCUT2D eigenvalue weighted by Crippen LogP contribution is -2.02. The third kappa shape index (κ3) is 5.95. The Morgan fingerprint density at radius 2 is 1.41 bits per heavy atom. The van der Waals surface area contributed by atoms with Crippen molar-refractivity contribution in [1.29, 1.82) is 0 Å². The molecule has 2 nitrogen and oxygen atoms in total. The molecule has 0 fully saturated rings. The predicted molar refractivity (Wildman–Crippen MR) is 126 cm³/mol. The maximum atomic E-state index is 5.00. The minimum absolute atomic E-state index is 1.06. The summed E-state index contributed by atoms with van der Waals surface area (Å²) >= 11 is 0. The van der Waals surface area contributed by atoms with Gasteiger partial charge in [0.1, 0.15) is 5.82 Å². The molecule has 1 aromatic heterocycles. The van der Waals surface area contributed by atoms with E-state index in [4.69, 9.17) is 4.98 Å². The van der Waals surface area contributed by atoms with Crippen LogP contribution >= 0.6 is 0 Å². The average Bonchev–Trinajstić information content (AvgIpc) is 3.08. The smallest absolute Gasteiger partial charge is 0.141 e. The molecule has 29 heavy (non-hydrogen) atoms. The van der Waals surface area contributed by atoms with Gasteiger partial charge in [0.15, 0.2) is 0 Å². The van der Waals surface area contributed by atoms with Crippen LogP contribution in [0.15, 0.2) is 42.5 Å². The van der Waals surface area contributed by atoms with Crippen LogP contribution in [-0.2, 0) is 6.54 Å². The molecule has 0 aliphatic heterocycles. The van der Waals surface area contributed by atoms with Crippen molar-refractivity contribution in [2.24, 2.45) is 0 Å². The Hall–Kier alpha value is -2.09. The highest BCUT2D eigenvalue weighted by molar-refractivity contribution is 5.81. The average molecular weight is 391 g/mol. The molecule has 0 saturated heterocycles. The van der Waals surface area contributed by atoms with E-state index < -0.39 is 0 Å². The van der Waals surface area contributed by atoms with Crippen molar-refractivity contribution in [3.63, 3.8) is 0 Å². The molecule has 0 unspecified atom stereocenters. The van der Waals surface area contributed by atoms with E-state index >= 15 is 0 Å². The standard InChI is InChI=1S/C27H38N2/c1-4-5-6-7-8-9-10-11-12-15-20-29-26-17-14-13-16-25(26)28-27(29)24-19-18-22(2)21-23(24)3/h13-14,16-19,21H,4-12,15,20H2,1-3H3. The zero-order chi connectivity index (χ0) is 20.5. The van der Waals surface area contributed by atoms with Crippen molar-refractivity contribution in [1.82, 2.24) is 9.55 Å². The number of unbranched alkanes of at least 4 members (excludes halogenated alkanes) is 9. The number of fused-ring (bicyclic) bond motifs is 1. The molecule has 1 heterocycles. The number of hydrogen-bond acceptors (Lipinski definition) is 1. The van der Waals surface area contributed by atoms with Crippen molar-refractivity contribution in [3.05, 3.63) is 53.6 Å². The fourth-order valence-electron chi connectivity index (χ4n) is 4.33. The minimum atomic E-state index is 1.06. The number of para-hydroxylation sites is 2. The normalized spacial score (nSPS) is 11.4. The second-order valence-corrected chi connectivity index (χ2v) is 8.58. The zero-order valence-electron chi connectivity index (χ0n) is 18.7. The third-order valence-electron chi connectivity index (χ3n) is 6.01. The van der Waals surface area contributed by atoms with Crippen molar-refractivity contribution in [3.8, 4) is 11.4 Å². The lowest BCUT2D eigenvalue weighted by atomic mass is 10.0. The summed E-state index contributed by atoms with van der Waals surface area (Å²) in [7, 11) is 0. The fourth-order valence-corrected chi connectivity index (χ4v) is 4.33. The van der Waals surface area contributed by atoms with Crippen LogP contribution < -0.4 is 0 Å². The first-order valence-corrected chi connectivity index (χ1v) is 11.7. The quantitative estimate of drug-likeness (QED) is 0.285. The van der Waals surface area contributed by atoms with Crippen LogP contribution in [0, 0.1) is 13.8 Å². The van der Waals surface area contributed by atoms with Gasteiger partial charge in [0.05, 0.1) is 11.0 Å². The second-order valence-electron chi connectivity index (χ2n) is 8.58. The molecule has 3 rings (SSSR count). The van der Waals surface area contributed by atoms with Gasteiger partial charge in [-0.1, -0.05) is 101 Å². The van der Waals surface area contributed by atoms with Gasteiger partial charge < -0.3 is 4.57 Å². The van der Waals surface area contributed by atoms with Crippen molar-refractivity contribution < 1.29 is 0 Å². The van der Waals surface area contributed by atoms with Gasteiger partial charge in [-0.05, 0) is 38.0 Å². The monoisotopic (exact) mass is 390 g/mol. The molecule has 0 aliphatic rings. The Balaban J connectivity index is 1.59. The molecule has 0 bridgehead atoms. The summed E-state index contributed by atoms with van der Waals surface area (Å²) < 4.78 is 2.44. The van der Waals surface area contributed by atoms with Crippen molar-refractivity contribution >= 4 is 11.0 Å². The van der Waals surface area contributed by atoms with E-state index in [9.17, 15) is 0 Å². The number of imidazole rings is 1. The molecule has 0 radical (unpaired) electrons. The summed E-state index contributed by atoms with van der Waals surface area (Å²) in [5, 5.41) is 0. The van der Waals surface area contributed by atoms with E-state index in [1.807, 2.05) is 0 Å². The Bertz CT molecular complexity index is 891. The highest BCUT2D eigenvalue weighted by Crippen LogP contribution is 2.28. The van der Waals surface area contributed by atoms with Gasteiger partial charge in [-0.15, -0.1) is 0 Å². The van der Waals surface area contributed by atoms with Crippen LogP contribution in [0.1, 0.15) is 82.3 Å². The molecule has 2 heteroatoms. The van der Waals surface area contributed by atoms with E-state index in [0.29, 0.717) is 0 Å². The zero-order valence-corrected chi connectivity index (χ0v) is 18.7. The number of nitrogens with zero attached hydrogens (tertiary/aromatic N) is 2. The van der Waals surface area contributed by atoms with Crippen LogP contribution in [0.2, 0.25) is 0 Å². The molecular formula is C27H38N2. The molecule has 0 atom stereocenters. The molecule has 156 valence electrons. The lowest BCUT2D eigenvalue weighted by molar-refractivity contribution is 0.539. The van der Waals surface area contributed by atoms with E-state index in [1.54, 1.807) is 0 Å². The van der Waals surface area contributed by atoms with Crippen LogP contribution in [-0.4, -0.2) is 9.55 Å². The van der Waals surface area contributed by atoms with Crippen molar-refractivity contribution in [2.45, 2.75) is 91.5 Å². The molecule has 0 spiro atoms. The van der Waals surface area contributed by atoms with Gasteiger partial charge in [-0.25, -0.2) is 4.98 Å². The van der Waals surface area contributed by atoms with E-state index in [-0.39, 0.29) is 0 Å². The number of aromatic nitrogens is 2. The SMILES string of the molecule is CCCCCCCCCCCCn1c(-c2ccc(C)cc2C)nc2ccccc21. The predicted octanol–water partition coefficient (Wildman–Crippen LogP) is 8.24. The van der Waals surface area contributed by atoms with Gasteiger partial charge in [-0.2, -0.15) is 0 Å². The fraction of sp³-hybridized carbons (Fsp3) is 0.519. The summed E-state index contributed by atoms with van der Waals surface area (Å²) in [6.45, 7) is 7.70. The number of aryl methyl sites for hydroxylation is 3. The lowest BCUT2D eigenvalue weighted by Gasteiger charge is -2.12. The highest BCUT2D eigenvalue weighted by Gasteiger charge is 2.14. The molecule has 2 aromatic carbocycles. The number of hydrogen-bond donors (Lipinski definition) is 0. The van der Waals surface area contributed by atoms with E-state index in [1.165, 1.54) is 86.4 Å². The molecule has 0 saturated carbocycles. The van der Waals surface area contributed by atoms with E-state index in [0.717, 1.165) is 17.9 Å². The maximum Gasteiger partial charge on any atom is 0.141 e. The Kier molecular flexibility index (Phi) is 8.34. The second kappa shape index (κ2) is 11.2. The first-order valence-electron chi connectivity index (χ1n) is 11.7. The molecule has 3 aromatic rings. The molecule has 0 N–H and O–H groups in total. The third-order valence-corrected chi connectivity index (χ3v) is 6.01. The Morgan fingerprint density at radius 3 is 2.10 bits per heavy atom. The summed E-state index contributed by atoms with van der Waals surface area (Å²) in [5.74, 6) is 1.12. The Labute approximate surface area is 177 Å². The molecular weight excluding hydrogens is 352 g/mol. The number of rotatable bonds is 12.